The summed E-state index contributed by atoms with van der Waals surface area (Å²) in [6, 6.07) is 8.88. The van der Waals surface area contributed by atoms with E-state index in [1.54, 1.807) is 26.8 Å². The zero-order valence-electron chi connectivity index (χ0n) is 16.5. The molecule has 0 aliphatic carbocycles. The lowest BCUT2D eigenvalue weighted by molar-refractivity contribution is -0.133. The smallest absolute Gasteiger partial charge is 0.417 e. The fraction of sp³-hybridized carbons (Fsp3) is 0.476. The molecule has 2 heterocycles. The molecular weight excluding hydrogens is 360 g/mol. The second kappa shape index (κ2) is 7.30. The van der Waals surface area contributed by atoms with E-state index < -0.39 is 29.2 Å². The number of nitrogens with zero attached hydrogens (tertiary/aromatic N) is 2. The molecule has 28 heavy (non-hydrogen) atoms. The number of likely N-dealkylation sites (tertiary alicyclic amines) is 1. The standard InChI is InChI=1S/C21H26N2O5/c1-5-21(13-22(14-21)18(25)28-20(2,3)4)11-17(24)23-16(12-27-19(23)26)15-9-7-6-8-10-15/h5-10,16H,1,11-14H2,2-4H3. The highest BCUT2D eigenvalue weighted by atomic mass is 16.6. The molecule has 1 unspecified atom stereocenters. The Labute approximate surface area is 164 Å². The van der Waals surface area contributed by atoms with Crippen molar-refractivity contribution in [1.29, 1.82) is 0 Å². The van der Waals surface area contributed by atoms with Crippen LogP contribution in [0.1, 0.15) is 38.8 Å². The van der Waals surface area contributed by atoms with Gasteiger partial charge in [-0.05, 0) is 26.3 Å². The van der Waals surface area contributed by atoms with E-state index in [9.17, 15) is 14.4 Å². The second-order valence-electron chi connectivity index (χ2n) is 8.35. The van der Waals surface area contributed by atoms with Crippen LogP contribution in [-0.4, -0.2) is 53.2 Å². The molecule has 2 saturated heterocycles. The highest BCUT2D eigenvalue weighted by Crippen LogP contribution is 2.38. The van der Waals surface area contributed by atoms with Gasteiger partial charge in [0.1, 0.15) is 18.2 Å². The van der Waals surface area contributed by atoms with Gasteiger partial charge in [-0.15, -0.1) is 6.58 Å². The van der Waals surface area contributed by atoms with Crippen LogP contribution in [0, 0.1) is 5.41 Å². The van der Waals surface area contributed by atoms with Crippen molar-refractivity contribution in [3.05, 3.63) is 48.6 Å². The topological polar surface area (TPSA) is 76.2 Å². The van der Waals surface area contributed by atoms with Gasteiger partial charge in [0.15, 0.2) is 0 Å². The number of cyclic esters (lactones) is 1. The van der Waals surface area contributed by atoms with E-state index in [2.05, 4.69) is 6.58 Å². The van der Waals surface area contributed by atoms with Crippen LogP contribution in [0.2, 0.25) is 0 Å². The van der Waals surface area contributed by atoms with Crippen LogP contribution in [0.3, 0.4) is 0 Å². The average Bonchev–Trinajstić information content (AvgIpc) is 2.98. The van der Waals surface area contributed by atoms with E-state index >= 15 is 0 Å². The van der Waals surface area contributed by atoms with Gasteiger partial charge < -0.3 is 14.4 Å². The molecule has 0 radical (unpaired) electrons. The van der Waals surface area contributed by atoms with Crippen LogP contribution >= 0.6 is 0 Å². The fourth-order valence-corrected chi connectivity index (χ4v) is 3.49. The molecular formula is C21H26N2O5. The first-order valence-electron chi connectivity index (χ1n) is 9.29. The van der Waals surface area contributed by atoms with Crippen molar-refractivity contribution < 1.29 is 23.9 Å². The predicted octanol–water partition coefficient (Wildman–Crippen LogP) is 3.52. The zero-order chi connectivity index (χ0) is 20.5. The summed E-state index contributed by atoms with van der Waals surface area (Å²) in [6.45, 7) is 10.0. The van der Waals surface area contributed by atoms with Crippen molar-refractivity contribution in [2.24, 2.45) is 5.41 Å². The number of ether oxygens (including phenoxy) is 2. The average molecular weight is 386 g/mol. The first-order chi connectivity index (χ1) is 13.1. The molecule has 2 fully saturated rings. The molecule has 0 bridgehead atoms. The summed E-state index contributed by atoms with van der Waals surface area (Å²) in [5.41, 5.74) is -0.307. The number of carbonyl (C=O) groups excluding carboxylic acids is 3. The minimum Gasteiger partial charge on any atom is -0.446 e. The van der Waals surface area contributed by atoms with Crippen LogP contribution < -0.4 is 0 Å². The molecule has 7 nitrogen and oxygen atoms in total. The lowest BCUT2D eigenvalue weighted by atomic mass is 9.76. The highest BCUT2D eigenvalue weighted by Gasteiger charge is 2.48. The van der Waals surface area contributed by atoms with Gasteiger partial charge >= 0.3 is 12.2 Å². The number of carbonyl (C=O) groups is 3. The summed E-state index contributed by atoms with van der Waals surface area (Å²) in [5.74, 6) is -0.333. The van der Waals surface area contributed by atoms with E-state index in [-0.39, 0.29) is 18.9 Å². The number of rotatable bonds is 4. The van der Waals surface area contributed by atoms with Gasteiger partial charge in [-0.1, -0.05) is 36.4 Å². The van der Waals surface area contributed by atoms with Crippen LogP contribution in [0.4, 0.5) is 9.59 Å². The van der Waals surface area contributed by atoms with Crippen molar-refractivity contribution >= 4 is 18.1 Å². The van der Waals surface area contributed by atoms with Gasteiger partial charge in [-0.2, -0.15) is 0 Å². The van der Waals surface area contributed by atoms with Crippen molar-refractivity contribution in [3.63, 3.8) is 0 Å². The minimum absolute atomic E-state index is 0.0776. The number of hydrogen-bond donors (Lipinski definition) is 0. The van der Waals surface area contributed by atoms with Gasteiger partial charge in [-0.3, -0.25) is 4.79 Å². The molecule has 3 amide bonds. The molecule has 2 aliphatic heterocycles. The van der Waals surface area contributed by atoms with Crippen LogP contribution in [0.15, 0.2) is 43.0 Å². The van der Waals surface area contributed by atoms with E-state index in [0.29, 0.717) is 13.1 Å². The Balaban J connectivity index is 1.67. The molecule has 0 saturated carbocycles. The first kappa shape index (κ1) is 19.9. The van der Waals surface area contributed by atoms with Gasteiger partial charge in [0.05, 0.1) is 0 Å². The first-order valence-corrected chi connectivity index (χ1v) is 9.29. The largest absolute Gasteiger partial charge is 0.446 e. The third kappa shape index (κ3) is 4.03. The van der Waals surface area contributed by atoms with E-state index in [0.717, 1.165) is 5.56 Å². The van der Waals surface area contributed by atoms with Gasteiger partial charge in [0, 0.05) is 24.9 Å². The van der Waals surface area contributed by atoms with Crippen molar-refractivity contribution in [2.45, 2.75) is 38.8 Å². The normalized spacial score (nSPS) is 21.0. The zero-order valence-corrected chi connectivity index (χ0v) is 16.5. The monoisotopic (exact) mass is 386 g/mol. The lowest BCUT2D eigenvalue weighted by Crippen LogP contribution is -2.59. The maximum absolute atomic E-state index is 13.0. The molecule has 1 aromatic carbocycles. The molecule has 1 aromatic rings. The third-order valence-electron chi connectivity index (χ3n) is 4.93. The SMILES string of the molecule is C=CC1(CC(=O)N2C(=O)OCC2c2ccccc2)CN(C(=O)OC(C)(C)C)C1. The Morgan fingerprint density at radius 1 is 1.29 bits per heavy atom. The molecule has 0 N–H and O–H groups in total. The summed E-state index contributed by atoms with van der Waals surface area (Å²) in [4.78, 5) is 40.0. The third-order valence-corrected chi connectivity index (χ3v) is 4.93. The van der Waals surface area contributed by atoms with E-state index in [1.807, 2.05) is 30.3 Å². The molecule has 150 valence electrons. The summed E-state index contributed by atoms with van der Waals surface area (Å²) in [5, 5.41) is 0. The number of amides is 3. The van der Waals surface area contributed by atoms with Gasteiger partial charge in [-0.25, -0.2) is 14.5 Å². The Bertz CT molecular complexity index is 778. The van der Waals surface area contributed by atoms with Crippen molar-refractivity contribution in [2.75, 3.05) is 19.7 Å². The fourth-order valence-electron chi connectivity index (χ4n) is 3.49. The van der Waals surface area contributed by atoms with Crippen LogP contribution in [0.25, 0.3) is 0 Å². The summed E-state index contributed by atoms with van der Waals surface area (Å²) >= 11 is 0. The molecule has 1 atom stereocenters. The Morgan fingerprint density at radius 2 is 1.93 bits per heavy atom. The maximum atomic E-state index is 13.0. The number of imide groups is 1. The number of hydrogen-bond acceptors (Lipinski definition) is 5. The van der Waals surface area contributed by atoms with Crippen LogP contribution in [0.5, 0.6) is 0 Å². The number of benzene rings is 1. The molecule has 7 heteroatoms. The van der Waals surface area contributed by atoms with Crippen molar-refractivity contribution in [3.8, 4) is 0 Å². The van der Waals surface area contributed by atoms with Crippen molar-refractivity contribution in [1.82, 2.24) is 9.80 Å². The quantitative estimate of drug-likeness (QED) is 0.740. The molecule has 2 aliphatic rings. The second-order valence-corrected chi connectivity index (χ2v) is 8.35. The van der Waals surface area contributed by atoms with Gasteiger partial charge in [0.2, 0.25) is 5.91 Å². The Hall–Kier alpha value is -2.83. The maximum Gasteiger partial charge on any atom is 0.417 e. The van der Waals surface area contributed by atoms with Crippen LogP contribution in [-0.2, 0) is 14.3 Å². The lowest BCUT2D eigenvalue weighted by Gasteiger charge is -2.48. The predicted molar refractivity (Wildman–Crippen MR) is 102 cm³/mol. The summed E-state index contributed by atoms with van der Waals surface area (Å²) in [7, 11) is 0. The summed E-state index contributed by atoms with van der Waals surface area (Å²) < 4.78 is 10.5. The Kier molecular flexibility index (Phi) is 5.19. The molecule has 0 aromatic heterocycles. The minimum atomic E-state index is -0.638. The Morgan fingerprint density at radius 3 is 2.50 bits per heavy atom. The highest BCUT2D eigenvalue weighted by molar-refractivity contribution is 5.94. The molecule has 3 rings (SSSR count). The van der Waals surface area contributed by atoms with Gasteiger partial charge in [0.25, 0.3) is 0 Å². The van der Waals surface area contributed by atoms with E-state index in [4.69, 9.17) is 9.47 Å². The molecule has 0 spiro atoms. The summed E-state index contributed by atoms with van der Waals surface area (Å²) in [6.07, 6.45) is 0.709. The van der Waals surface area contributed by atoms with E-state index in [1.165, 1.54) is 9.80 Å².